The Balaban J connectivity index is 2.65. The number of carbonyl (C=O) groups is 1. The Hall–Kier alpha value is -1.53. The van der Waals surface area contributed by atoms with Gasteiger partial charge < -0.3 is 16.4 Å². The average Bonchev–Trinajstić information content (AvgIpc) is 2.16. The Bertz CT molecular complexity index is 428. The molecule has 0 fully saturated rings. The Morgan fingerprint density at radius 2 is 1.81 bits per heavy atom. The molecule has 0 bridgehead atoms. The molecule has 0 aliphatic carbocycles. The molecule has 6 heteroatoms. The van der Waals surface area contributed by atoms with Crippen molar-refractivity contribution in [1.29, 1.82) is 0 Å². The van der Waals surface area contributed by atoms with Gasteiger partial charge in [-0.15, -0.1) is 0 Å². The molecular weight excluding hydrogens is 242 g/mol. The number of hydrogen-bond acceptors (Lipinski definition) is 3. The SMILES string of the molecule is CC(=O)NC(=S)Nc1ccc(C(N)=S)cc1. The van der Waals surface area contributed by atoms with Crippen LogP contribution in [-0.2, 0) is 4.79 Å². The number of benzene rings is 1. The second-order valence-corrected chi connectivity index (χ2v) is 3.92. The van der Waals surface area contributed by atoms with Crippen LogP contribution in [0.3, 0.4) is 0 Å². The Morgan fingerprint density at radius 3 is 2.25 bits per heavy atom. The molecule has 0 unspecified atom stereocenters. The maximum absolute atomic E-state index is 10.7. The van der Waals surface area contributed by atoms with Gasteiger partial charge in [0, 0.05) is 18.2 Å². The van der Waals surface area contributed by atoms with Crippen molar-refractivity contribution in [1.82, 2.24) is 5.32 Å². The van der Waals surface area contributed by atoms with Crippen molar-refractivity contribution in [3.63, 3.8) is 0 Å². The highest BCUT2D eigenvalue weighted by atomic mass is 32.1. The van der Waals surface area contributed by atoms with Crippen LogP contribution >= 0.6 is 24.4 Å². The van der Waals surface area contributed by atoms with Gasteiger partial charge in [-0.25, -0.2) is 0 Å². The molecule has 0 aromatic heterocycles. The number of anilines is 1. The second kappa shape index (κ2) is 5.53. The molecule has 1 aromatic carbocycles. The number of thiocarbonyl (C=S) groups is 2. The minimum Gasteiger partial charge on any atom is -0.389 e. The van der Waals surface area contributed by atoms with Gasteiger partial charge in [0.15, 0.2) is 5.11 Å². The molecule has 0 aliphatic rings. The van der Waals surface area contributed by atoms with E-state index in [2.05, 4.69) is 10.6 Å². The van der Waals surface area contributed by atoms with Crippen LogP contribution in [0, 0.1) is 0 Å². The van der Waals surface area contributed by atoms with Crippen molar-refractivity contribution in [2.75, 3.05) is 5.32 Å². The van der Waals surface area contributed by atoms with E-state index in [1.807, 2.05) is 0 Å². The number of nitrogens with one attached hydrogen (secondary N) is 2. The molecule has 0 aliphatic heterocycles. The van der Waals surface area contributed by atoms with E-state index in [4.69, 9.17) is 30.2 Å². The lowest BCUT2D eigenvalue weighted by atomic mass is 10.2. The van der Waals surface area contributed by atoms with Gasteiger partial charge in [0.2, 0.25) is 5.91 Å². The molecule has 1 rings (SSSR count). The van der Waals surface area contributed by atoms with Crippen molar-refractivity contribution in [2.24, 2.45) is 5.73 Å². The molecule has 4 nitrogen and oxygen atoms in total. The quantitative estimate of drug-likeness (QED) is 0.690. The van der Waals surface area contributed by atoms with E-state index < -0.39 is 0 Å². The first-order valence-corrected chi connectivity index (χ1v) is 5.29. The van der Waals surface area contributed by atoms with Gasteiger partial charge in [-0.2, -0.15) is 0 Å². The van der Waals surface area contributed by atoms with Gasteiger partial charge in [-0.3, -0.25) is 4.79 Å². The standard InChI is InChI=1S/C10H11N3OS2/c1-6(14)12-10(16)13-8-4-2-7(3-5-8)9(11)15/h2-5H,1H3,(H2,11,15)(H2,12,13,14,16). The van der Waals surface area contributed by atoms with Gasteiger partial charge in [-0.1, -0.05) is 12.2 Å². The highest BCUT2D eigenvalue weighted by Gasteiger charge is 2.00. The minimum atomic E-state index is -0.211. The summed E-state index contributed by atoms with van der Waals surface area (Å²) in [6.45, 7) is 1.39. The maximum atomic E-state index is 10.7. The predicted molar refractivity (Wildman–Crippen MR) is 72.4 cm³/mol. The van der Waals surface area contributed by atoms with Crippen LogP contribution in [0.1, 0.15) is 12.5 Å². The smallest absolute Gasteiger partial charge is 0.222 e. The molecule has 1 aromatic rings. The van der Waals surface area contributed by atoms with Crippen molar-refractivity contribution in [2.45, 2.75) is 6.92 Å². The molecule has 0 saturated heterocycles. The predicted octanol–water partition coefficient (Wildman–Crippen LogP) is 1.15. The van der Waals surface area contributed by atoms with E-state index in [0.29, 0.717) is 4.99 Å². The average molecular weight is 253 g/mol. The van der Waals surface area contributed by atoms with Crippen LogP contribution in [0.15, 0.2) is 24.3 Å². The summed E-state index contributed by atoms with van der Waals surface area (Å²) >= 11 is 9.73. The van der Waals surface area contributed by atoms with Crippen LogP contribution in [0.4, 0.5) is 5.69 Å². The Morgan fingerprint density at radius 1 is 1.25 bits per heavy atom. The van der Waals surface area contributed by atoms with Gasteiger partial charge in [0.1, 0.15) is 4.99 Å². The summed E-state index contributed by atoms with van der Waals surface area (Å²) in [4.78, 5) is 11.1. The Kier molecular flexibility index (Phi) is 4.33. The number of amides is 1. The summed E-state index contributed by atoms with van der Waals surface area (Å²) in [5.41, 5.74) is 7.01. The van der Waals surface area contributed by atoms with Crippen LogP contribution in [0.5, 0.6) is 0 Å². The third kappa shape index (κ3) is 3.92. The van der Waals surface area contributed by atoms with Gasteiger partial charge in [-0.05, 0) is 36.5 Å². The van der Waals surface area contributed by atoms with Crippen LogP contribution in [0.2, 0.25) is 0 Å². The van der Waals surface area contributed by atoms with Crippen LogP contribution in [0.25, 0.3) is 0 Å². The number of rotatable bonds is 2. The molecule has 1 amide bonds. The molecule has 84 valence electrons. The first-order chi connectivity index (χ1) is 7.49. The molecule has 0 heterocycles. The van der Waals surface area contributed by atoms with E-state index in [-0.39, 0.29) is 11.0 Å². The van der Waals surface area contributed by atoms with Crippen molar-refractivity contribution in [3.05, 3.63) is 29.8 Å². The zero-order valence-corrected chi connectivity index (χ0v) is 10.2. The monoisotopic (exact) mass is 253 g/mol. The third-order valence-corrected chi connectivity index (χ3v) is 2.16. The lowest BCUT2D eigenvalue weighted by Gasteiger charge is -2.08. The summed E-state index contributed by atoms with van der Waals surface area (Å²) in [6, 6.07) is 7.12. The first-order valence-electron chi connectivity index (χ1n) is 4.47. The fourth-order valence-electron chi connectivity index (χ4n) is 1.04. The van der Waals surface area contributed by atoms with Crippen LogP contribution in [-0.4, -0.2) is 16.0 Å². The van der Waals surface area contributed by atoms with E-state index >= 15 is 0 Å². The summed E-state index contributed by atoms with van der Waals surface area (Å²) in [5.74, 6) is -0.211. The minimum absolute atomic E-state index is 0.211. The first kappa shape index (κ1) is 12.5. The number of hydrogen-bond donors (Lipinski definition) is 3. The van der Waals surface area contributed by atoms with Gasteiger partial charge >= 0.3 is 0 Å². The largest absolute Gasteiger partial charge is 0.389 e. The van der Waals surface area contributed by atoms with E-state index in [1.54, 1.807) is 24.3 Å². The summed E-state index contributed by atoms with van der Waals surface area (Å²) in [7, 11) is 0. The van der Waals surface area contributed by atoms with Crippen molar-refractivity contribution >= 4 is 46.1 Å². The highest BCUT2D eigenvalue weighted by molar-refractivity contribution is 7.80. The number of carbonyl (C=O) groups excluding carboxylic acids is 1. The number of nitrogens with two attached hydrogens (primary N) is 1. The zero-order valence-electron chi connectivity index (χ0n) is 8.61. The molecule has 0 radical (unpaired) electrons. The Labute approximate surface area is 104 Å². The molecule has 16 heavy (non-hydrogen) atoms. The topological polar surface area (TPSA) is 67.2 Å². The maximum Gasteiger partial charge on any atom is 0.222 e. The van der Waals surface area contributed by atoms with E-state index in [1.165, 1.54) is 6.92 Å². The summed E-state index contributed by atoms with van der Waals surface area (Å²) in [5, 5.41) is 5.57. The lowest BCUT2D eigenvalue weighted by molar-refractivity contribution is -0.117. The molecule has 0 atom stereocenters. The second-order valence-electron chi connectivity index (χ2n) is 3.08. The molecule has 0 spiro atoms. The highest BCUT2D eigenvalue weighted by Crippen LogP contribution is 2.09. The fourth-order valence-corrected chi connectivity index (χ4v) is 1.44. The third-order valence-electron chi connectivity index (χ3n) is 1.72. The van der Waals surface area contributed by atoms with E-state index in [0.717, 1.165) is 11.3 Å². The lowest BCUT2D eigenvalue weighted by Crippen LogP contribution is -2.32. The fraction of sp³-hybridized carbons (Fsp3) is 0.100. The summed E-state index contributed by atoms with van der Waals surface area (Å²) < 4.78 is 0. The summed E-state index contributed by atoms with van der Waals surface area (Å²) in [6.07, 6.45) is 0. The van der Waals surface area contributed by atoms with Crippen LogP contribution < -0.4 is 16.4 Å². The van der Waals surface area contributed by atoms with E-state index in [9.17, 15) is 4.79 Å². The molecule has 0 saturated carbocycles. The van der Waals surface area contributed by atoms with Gasteiger partial charge in [0.05, 0.1) is 0 Å². The normalized spacial score (nSPS) is 9.31. The van der Waals surface area contributed by atoms with Crippen molar-refractivity contribution < 1.29 is 4.79 Å². The molecule has 4 N–H and O–H groups in total. The molecular formula is C10H11N3OS2. The van der Waals surface area contributed by atoms with Crippen molar-refractivity contribution in [3.8, 4) is 0 Å². The zero-order chi connectivity index (χ0) is 12.1. The van der Waals surface area contributed by atoms with Gasteiger partial charge in [0.25, 0.3) is 0 Å².